The van der Waals surface area contributed by atoms with Gasteiger partial charge in [-0.3, -0.25) is 4.79 Å². The van der Waals surface area contributed by atoms with Crippen LogP contribution in [0.1, 0.15) is 6.42 Å². The molecule has 1 rings (SSSR count). The summed E-state index contributed by atoms with van der Waals surface area (Å²) in [7, 11) is 1.71. The van der Waals surface area contributed by atoms with Crippen molar-refractivity contribution in [1.29, 1.82) is 0 Å². The van der Waals surface area contributed by atoms with Crippen molar-refractivity contribution in [2.24, 2.45) is 5.92 Å². The quantitative estimate of drug-likeness (QED) is 0.452. The SMILES string of the molecule is CN1C[C@@H](C=O)CC1=O. The van der Waals surface area contributed by atoms with Crippen molar-refractivity contribution < 1.29 is 9.59 Å². The van der Waals surface area contributed by atoms with Crippen molar-refractivity contribution in [3.05, 3.63) is 0 Å². The summed E-state index contributed by atoms with van der Waals surface area (Å²) in [5, 5.41) is 0. The molecule has 1 aliphatic heterocycles. The van der Waals surface area contributed by atoms with Gasteiger partial charge in [0, 0.05) is 25.9 Å². The number of amides is 1. The van der Waals surface area contributed by atoms with Crippen molar-refractivity contribution in [3.63, 3.8) is 0 Å². The first-order valence-electron chi connectivity index (χ1n) is 2.93. The van der Waals surface area contributed by atoms with Gasteiger partial charge in [0.05, 0.1) is 0 Å². The molecule has 1 saturated heterocycles. The van der Waals surface area contributed by atoms with Crippen molar-refractivity contribution in [2.75, 3.05) is 13.6 Å². The number of hydrogen-bond acceptors (Lipinski definition) is 2. The van der Waals surface area contributed by atoms with Crippen molar-refractivity contribution >= 4 is 12.2 Å². The Morgan fingerprint density at radius 2 is 2.44 bits per heavy atom. The Kier molecular flexibility index (Phi) is 1.51. The zero-order chi connectivity index (χ0) is 6.85. The molecule has 0 aromatic rings. The standard InChI is InChI=1S/C6H9NO2/c1-7-3-5(4-8)2-6(7)9/h4-5H,2-3H2,1H3/t5-/m0/s1. The van der Waals surface area contributed by atoms with Crippen molar-refractivity contribution in [3.8, 4) is 0 Å². The lowest BCUT2D eigenvalue weighted by Gasteiger charge is -2.04. The average Bonchev–Trinajstić information content (AvgIpc) is 2.13. The molecule has 1 fully saturated rings. The van der Waals surface area contributed by atoms with Crippen LogP contribution in [-0.2, 0) is 9.59 Å². The molecule has 1 aliphatic rings. The molecule has 3 nitrogen and oxygen atoms in total. The molecule has 0 unspecified atom stereocenters. The minimum absolute atomic E-state index is 0.0532. The van der Waals surface area contributed by atoms with Gasteiger partial charge in [0.1, 0.15) is 6.29 Å². The molecule has 0 radical (unpaired) electrons. The first-order chi connectivity index (χ1) is 4.24. The van der Waals surface area contributed by atoms with E-state index < -0.39 is 0 Å². The van der Waals surface area contributed by atoms with E-state index in [1.807, 2.05) is 0 Å². The van der Waals surface area contributed by atoms with Gasteiger partial charge in [0.25, 0.3) is 0 Å². The van der Waals surface area contributed by atoms with Crippen LogP contribution in [0.5, 0.6) is 0 Å². The van der Waals surface area contributed by atoms with Crippen molar-refractivity contribution in [1.82, 2.24) is 4.90 Å². The highest BCUT2D eigenvalue weighted by molar-refractivity contribution is 5.82. The molecule has 0 bridgehead atoms. The van der Waals surface area contributed by atoms with E-state index in [-0.39, 0.29) is 11.8 Å². The summed E-state index contributed by atoms with van der Waals surface area (Å²) < 4.78 is 0. The molecular weight excluding hydrogens is 118 g/mol. The Morgan fingerprint density at radius 3 is 2.67 bits per heavy atom. The number of carbonyl (C=O) groups is 2. The fourth-order valence-electron chi connectivity index (χ4n) is 0.989. The Hall–Kier alpha value is -0.860. The van der Waals surface area contributed by atoms with Gasteiger partial charge in [-0.1, -0.05) is 0 Å². The third kappa shape index (κ3) is 1.09. The Bertz CT molecular complexity index is 144. The van der Waals surface area contributed by atoms with Crippen LogP contribution in [0.3, 0.4) is 0 Å². The van der Waals surface area contributed by atoms with Gasteiger partial charge >= 0.3 is 0 Å². The van der Waals surface area contributed by atoms with E-state index in [2.05, 4.69) is 0 Å². The number of carbonyl (C=O) groups excluding carboxylic acids is 2. The molecule has 3 heteroatoms. The van der Waals surface area contributed by atoms with E-state index in [1.165, 1.54) is 0 Å². The van der Waals surface area contributed by atoms with Crippen LogP contribution in [0.2, 0.25) is 0 Å². The predicted octanol–water partition coefficient (Wildman–Crippen LogP) is -0.336. The van der Waals surface area contributed by atoms with E-state index in [1.54, 1.807) is 11.9 Å². The summed E-state index contributed by atoms with van der Waals surface area (Å²) in [6, 6.07) is 0. The lowest BCUT2D eigenvalue weighted by molar-refractivity contribution is -0.126. The summed E-state index contributed by atoms with van der Waals surface area (Å²) in [6.07, 6.45) is 1.25. The van der Waals surface area contributed by atoms with Gasteiger partial charge in [-0.2, -0.15) is 0 Å². The van der Waals surface area contributed by atoms with Gasteiger partial charge in [-0.15, -0.1) is 0 Å². The highest BCUT2D eigenvalue weighted by Crippen LogP contribution is 2.12. The van der Waals surface area contributed by atoms with Crippen LogP contribution >= 0.6 is 0 Å². The maximum absolute atomic E-state index is 10.7. The third-order valence-corrected chi connectivity index (χ3v) is 1.56. The largest absolute Gasteiger partial charge is 0.345 e. The van der Waals surface area contributed by atoms with Gasteiger partial charge in [-0.25, -0.2) is 0 Å². The van der Waals surface area contributed by atoms with Crippen molar-refractivity contribution in [2.45, 2.75) is 6.42 Å². The third-order valence-electron chi connectivity index (χ3n) is 1.56. The zero-order valence-corrected chi connectivity index (χ0v) is 5.33. The second-order valence-corrected chi connectivity index (χ2v) is 2.37. The number of nitrogens with zero attached hydrogens (tertiary/aromatic N) is 1. The summed E-state index contributed by atoms with van der Waals surface area (Å²) in [5.41, 5.74) is 0. The molecule has 9 heavy (non-hydrogen) atoms. The topological polar surface area (TPSA) is 37.4 Å². The lowest BCUT2D eigenvalue weighted by atomic mass is 10.1. The summed E-state index contributed by atoms with van der Waals surface area (Å²) in [4.78, 5) is 22.4. The summed E-state index contributed by atoms with van der Waals surface area (Å²) in [6.45, 7) is 0.600. The first-order valence-corrected chi connectivity index (χ1v) is 2.93. The van der Waals surface area contributed by atoms with Crippen LogP contribution in [0.15, 0.2) is 0 Å². The molecule has 0 aliphatic carbocycles. The highest BCUT2D eigenvalue weighted by Gasteiger charge is 2.25. The molecule has 0 N–H and O–H groups in total. The van der Waals surface area contributed by atoms with E-state index in [0.717, 1.165) is 6.29 Å². The monoisotopic (exact) mass is 127 g/mol. The van der Waals surface area contributed by atoms with Gasteiger partial charge in [-0.05, 0) is 0 Å². The number of aldehydes is 1. The molecule has 1 heterocycles. The number of hydrogen-bond donors (Lipinski definition) is 0. The molecule has 1 amide bonds. The summed E-state index contributed by atoms with van der Waals surface area (Å²) >= 11 is 0. The molecule has 0 spiro atoms. The van der Waals surface area contributed by atoms with Crippen LogP contribution in [-0.4, -0.2) is 30.7 Å². The maximum atomic E-state index is 10.7. The average molecular weight is 127 g/mol. The normalized spacial score (nSPS) is 27.0. The molecule has 1 atom stereocenters. The molecule has 0 saturated carbocycles. The highest BCUT2D eigenvalue weighted by atomic mass is 16.2. The lowest BCUT2D eigenvalue weighted by Crippen LogP contribution is -2.19. The van der Waals surface area contributed by atoms with Gasteiger partial charge < -0.3 is 9.69 Å². The van der Waals surface area contributed by atoms with E-state index in [0.29, 0.717) is 13.0 Å². The first kappa shape index (κ1) is 6.26. The van der Waals surface area contributed by atoms with Gasteiger partial charge in [0.15, 0.2) is 0 Å². The van der Waals surface area contributed by atoms with Gasteiger partial charge in [0.2, 0.25) is 5.91 Å². The Labute approximate surface area is 53.6 Å². The van der Waals surface area contributed by atoms with Crippen LogP contribution < -0.4 is 0 Å². The van der Waals surface area contributed by atoms with Crippen LogP contribution in [0.4, 0.5) is 0 Å². The fraction of sp³-hybridized carbons (Fsp3) is 0.667. The second kappa shape index (κ2) is 2.17. The summed E-state index contributed by atoms with van der Waals surface area (Å²) in [5.74, 6) is 0.0228. The maximum Gasteiger partial charge on any atom is 0.223 e. The minimum atomic E-state index is -0.0532. The smallest absolute Gasteiger partial charge is 0.223 e. The minimum Gasteiger partial charge on any atom is -0.345 e. The fourth-order valence-corrected chi connectivity index (χ4v) is 0.989. The number of rotatable bonds is 1. The zero-order valence-electron chi connectivity index (χ0n) is 5.33. The van der Waals surface area contributed by atoms with E-state index >= 15 is 0 Å². The molecular formula is C6H9NO2. The molecule has 50 valence electrons. The molecule has 0 aromatic heterocycles. The molecule has 0 aromatic carbocycles. The van der Waals surface area contributed by atoms with E-state index in [4.69, 9.17) is 0 Å². The Morgan fingerprint density at radius 1 is 1.78 bits per heavy atom. The predicted molar refractivity (Wildman–Crippen MR) is 31.8 cm³/mol. The van der Waals surface area contributed by atoms with E-state index in [9.17, 15) is 9.59 Å². The van der Waals surface area contributed by atoms with Crippen LogP contribution in [0.25, 0.3) is 0 Å². The number of likely N-dealkylation sites (tertiary alicyclic amines) is 1. The Balaban J connectivity index is 2.53. The second-order valence-electron chi connectivity index (χ2n) is 2.37. The van der Waals surface area contributed by atoms with Crippen LogP contribution in [0, 0.1) is 5.92 Å².